The van der Waals surface area contributed by atoms with Gasteiger partial charge in [0.2, 0.25) is 0 Å². The maximum atomic E-state index is 11.9. The summed E-state index contributed by atoms with van der Waals surface area (Å²) in [7, 11) is 0. The van der Waals surface area contributed by atoms with E-state index in [2.05, 4.69) is 17.6 Å². The molecule has 4 nitrogen and oxygen atoms in total. The number of thioether (sulfide) groups is 1. The van der Waals surface area contributed by atoms with E-state index < -0.39 is 5.60 Å². The zero-order chi connectivity index (χ0) is 16.2. The average Bonchev–Trinajstić information content (AvgIpc) is 3.03. The molecule has 0 radical (unpaired) electrons. The maximum absolute atomic E-state index is 11.9. The van der Waals surface area contributed by atoms with Crippen LogP contribution in [0.5, 0.6) is 0 Å². The molecule has 3 atom stereocenters. The molecule has 2 aliphatic rings. The topological polar surface area (TPSA) is 50.4 Å². The molecule has 1 heterocycles. The molecule has 2 fully saturated rings. The van der Waals surface area contributed by atoms with Gasteiger partial charge < -0.3 is 15.4 Å². The van der Waals surface area contributed by atoms with Crippen molar-refractivity contribution in [1.82, 2.24) is 10.6 Å². The fourth-order valence-electron chi connectivity index (χ4n) is 3.46. The zero-order valence-corrected chi connectivity index (χ0v) is 15.3. The fraction of sp³-hybridized carbons (Fsp3) is 0.941. The van der Waals surface area contributed by atoms with Gasteiger partial charge in [-0.3, -0.25) is 0 Å². The van der Waals surface area contributed by atoms with Crippen LogP contribution in [0.2, 0.25) is 0 Å². The van der Waals surface area contributed by atoms with Gasteiger partial charge in [-0.2, -0.15) is 11.8 Å². The van der Waals surface area contributed by atoms with E-state index in [9.17, 15) is 4.79 Å². The highest BCUT2D eigenvalue weighted by molar-refractivity contribution is 8.00. The standard InChI is InChI=1S/C17H32N2O2S/c1-12-9-14(11-22-12)19-15(13-7-5-6-8-13)10-18-16(20)21-17(2,3)4/h12-15,19H,5-11H2,1-4H3,(H,18,20). The molecule has 22 heavy (non-hydrogen) atoms. The average molecular weight is 329 g/mol. The van der Waals surface area contributed by atoms with Crippen molar-refractivity contribution in [1.29, 1.82) is 0 Å². The Kier molecular flexibility index (Phi) is 6.45. The van der Waals surface area contributed by atoms with Crippen LogP contribution >= 0.6 is 11.8 Å². The number of hydrogen-bond donors (Lipinski definition) is 2. The van der Waals surface area contributed by atoms with Crippen LogP contribution in [0.4, 0.5) is 4.79 Å². The van der Waals surface area contributed by atoms with Crippen LogP contribution < -0.4 is 10.6 Å². The monoisotopic (exact) mass is 328 g/mol. The van der Waals surface area contributed by atoms with E-state index >= 15 is 0 Å². The van der Waals surface area contributed by atoms with E-state index in [-0.39, 0.29) is 6.09 Å². The molecule has 0 bridgehead atoms. The van der Waals surface area contributed by atoms with Gasteiger partial charge in [-0.15, -0.1) is 0 Å². The minimum absolute atomic E-state index is 0.300. The quantitative estimate of drug-likeness (QED) is 0.810. The van der Waals surface area contributed by atoms with Gasteiger partial charge >= 0.3 is 6.09 Å². The van der Waals surface area contributed by atoms with Crippen molar-refractivity contribution in [3.8, 4) is 0 Å². The molecule has 0 aromatic heterocycles. The molecule has 0 aromatic carbocycles. The highest BCUT2D eigenvalue weighted by atomic mass is 32.2. The second kappa shape index (κ2) is 7.91. The minimum Gasteiger partial charge on any atom is -0.444 e. The molecule has 2 N–H and O–H groups in total. The number of hydrogen-bond acceptors (Lipinski definition) is 4. The molecule has 0 spiro atoms. The molecule has 1 aliphatic heterocycles. The van der Waals surface area contributed by atoms with E-state index in [1.54, 1.807) is 0 Å². The number of carbonyl (C=O) groups excluding carboxylic acids is 1. The first-order valence-electron chi connectivity index (χ1n) is 8.68. The van der Waals surface area contributed by atoms with E-state index in [4.69, 9.17) is 4.74 Å². The van der Waals surface area contributed by atoms with Crippen LogP contribution in [0, 0.1) is 5.92 Å². The van der Waals surface area contributed by atoms with Crippen LogP contribution in [-0.2, 0) is 4.74 Å². The predicted octanol–water partition coefficient (Wildman–Crippen LogP) is 3.55. The summed E-state index contributed by atoms with van der Waals surface area (Å²) in [5.41, 5.74) is -0.433. The third-order valence-corrected chi connectivity index (χ3v) is 5.84. The van der Waals surface area contributed by atoms with Gasteiger partial charge in [-0.25, -0.2) is 4.79 Å². The largest absolute Gasteiger partial charge is 0.444 e. The molecular weight excluding hydrogens is 296 g/mol. The van der Waals surface area contributed by atoms with Crippen molar-refractivity contribution in [3.63, 3.8) is 0 Å². The van der Waals surface area contributed by atoms with Crippen molar-refractivity contribution in [3.05, 3.63) is 0 Å². The van der Waals surface area contributed by atoms with E-state index in [0.29, 0.717) is 24.5 Å². The lowest BCUT2D eigenvalue weighted by Crippen LogP contribution is -2.49. The molecular formula is C17H32N2O2S. The first-order chi connectivity index (χ1) is 10.3. The third-order valence-electron chi connectivity index (χ3n) is 4.48. The van der Waals surface area contributed by atoms with Crippen LogP contribution in [-0.4, -0.2) is 41.3 Å². The highest BCUT2D eigenvalue weighted by Gasteiger charge is 2.30. The summed E-state index contributed by atoms with van der Waals surface area (Å²) in [4.78, 5) is 11.9. The Morgan fingerprint density at radius 1 is 1.32 bits per heavy atom. The Hall–Kier alpha value is -0.420. The Morgan fingerprint density at radius 3 is 2.55 bits per heavy atom. The summed E-state index contributed by atoms with van der Waals surface area (Å²) >= 11 is 2.05. The third kappa shape index (κ3) is 5.99. The van der Waals surface area contributed by atoms with Gasteiger partial charge in [-0.05, 0) is 46.0 Å². The van der Waals surface area contributed by atoms with Gasteiger partial charge in [0.25, 0.3) is 0 Å². The molecule has 1 saturated carbocycles. The Balaban J connectivity index is 1.83. The number of nitrogens with one attached hydrogen (secondary N) is 2. The molecule has 128 valence electrons. The lowest BCUT2D eigenvalue weighted by atomic mass is 9.96. The van der Waals surface area contributed by atoms with Crippen molar-refractivity contribution >= 4 is 17.9 Å². The van der Waals surface area contributed by atoms with Crippen molar-refractivity contribution in [2.45, 2.75) is 82.7 Å². The maximum Gasteiger partial charge on any atom is 0.407 e. The molecule has 2 rings (SSSR count). The minimum atomic E-state index is -0.433. The van der Waals surface area contributed by atoms with Gasteiger partial charge in [0.1, 0.15) is 5.60 Å². The summed E-state index contributed by atoms with van der Waals surface area (Å²) in [5, 5.41) is 7.54. The second-order valence-corrected chi connectivity index (χ2v) is 9.25. The van der Waals surface area contributed by atoms with E-state index in [1.807, 2.05) is 32.5 Å². The van der Waals surface area contributed by atoms with Crippen molar-refractivity contribution in [2.75, 3.05) is 12.3 Å². The van der Waals surface area contributed by atoms with Crippen molar-refractivity contribution < 1.29 is 9.53 Å². The van der Waals surface area contributed by atoms with Crippen LogP contribution in [0.3, 0.4) is 0 Å². The Bertz CT molecular complexity index is 364. The molecule has 5 heteroatoms. The summed E-state index contributed by atoms with van der Waals surface area (Å²) in [5.74, 6) is 1.88. The first kappa shape index (κ1) is 17.9. The molecule has 1 saturated heterocycles. The van der Waals surface area contributed by atoms with Gasteiger partial charge in [0.15, 0.2) is 0 Å². The SMILES string of the molecule is CC1CC(NC(CNC(=O)OC(C)(C)C)C2CCCC2)CS1. The molecule has 3 unspecified atom stereocenters. The number of carbonyl (C=O) groups is 1. The number of amides is 1. The van der Waals surface area contributed by atoms with Gasteiger partial charge in [-0.1, -0.05) is 19.8 Å². The molecule has 1 aliphatic carbocycles. The summed E-state index contributed by atoms with van der Waals surface area (Å²) in [6.45, 7) is 8.67. The van der Waals surface area contributed by atoms with Crippen molar-refractivity contribution in [2.24, 2.45) is 5.92 Å². The van der Waals surface area contributed by atoms with E-state index in [1.165, 1.54) is 37.9 Å². The summed E-state index contributed by atoms with van der Waals surface area (Å²) < 4.78 is 5.36. The molecule has 1 amide bonds. The second-order valence-electron chi connectivity index (χ2n) is 7.78. The Labute approximate surface area is 139 Å². The van der Waals surface area contributed by atoms with E-state index in [0.717, 1.165) is 5.25 Å². The predicted molar refractivity (Wildman–Crippen MR) is 93.4 cm³/mol. The number of alkyl carbamates (subject to hydrolysis) is 1. The molecule has 0 aromatic rings. The smallest absolute Gasteiger partial charge is 0.407 e. The highest BCUT2D eigenvalue weighted by Crippen LogP contribution is 2.30. The van der Waals surface area contributed by atoms with Crippen LogP contribution in [0.25, 0.3) is 0 Å². The number of ether oxygens (including phenoxy) is 1. The summed E-state index contributed by atoms with van der Waals surface area (Å²) in [6.07, 6.45) is 6.15. The Morgan fingerprint density at radius 2 is 2.00 bits per heavy atom. The normalized spacial score (nSPS) is 27.8. The van der Waals surface area contributed by atoms with Gasteiger partial charge in [0.05, 0.1) is 0 Å². The van der Waals surface area contributed by atoms with Gasteiger partial charge in [0, 0.05) is 29.6 Å². The lowest BCUT2D eigenvalue weighted by molar-refractivity contribution is 0.0517. The van der Waals surface area contributed by atoms with Crippen LogP contribution in [0.15, 0.2) is 0 Å². The van der Waals surface area contributed by atoms with Crippen LogP contribution in [0.1, 0.15) is 59.8 Å². The fourth-order valence-corrected chi connectivity index (χ4v) is 4.63. The summed E-state index contributed by atoms with van der Waals surface area (Å²) in [6, 6.07) is 0.969. The first-order valence-corrected chi connectivity index (χ1v) is 9.73. The number of rotatable bonds is 5. The lowest BCUT2D eigenvalue weighted by Gasteiger charge is -2.29. The zero-order valence-electron chi connectivity index (χ0n) is 14.5.